The number of hydrogen-bond donors (Lipinski definition) is 1. The molecular formula is C24H20N6O2. The molecule has 5 rings (SSSR count). The van der Waals surface area contributed by atoms with Gasteiger partial charge in [0.2, 0.25) is 0 Å². The largest absolute Gasteiger partial charge is 0.398 e. The quantitative estimate of drug-likeness (QED) is 0.507. The zero-order valence-corrected chi connectivity index (χ0v) is 17.2. The van der Waals surface area contributed by atoms with Gasteiger partial charge in [0.1, 0.15) is 0 Å². The number of morpholine rings is 1. The van der Waals surface area contributed by atoms with Gasteiger partial charge in [-0.2, -0.15) is 10.4 Å². The summed E-state index contributed by atoms with van der Waals surface area (Å²) in [5.74, 6) is -0.0847. The molecule has 0 bridgehead atoms. The highest BCUT2D eigenvalue weighted by molar-refractivity contribution is 6.00. The zero-order valence-electron chi connectivity index (χ0n) is 17.2. The van der Waals surface area contributed by atoms with Gasteiger partial charge < -0.3 is 15.4 Å². The van der Waals surface area contributed by atoms with Crippen molar-refractivity contribution in [3.05, 3.63) is 71.9 Å². The van der Waals surface area contributed by atoms with Gasteiger partial charge in [-0.25, -0.2) is 9.50 Å². The molecule has 1 fully saturated rings. The van der Waals surface area contributed by atoms with Crippen LogP contribution in [0.15, 0.2) is 60.8 Å². The summed E-state index contributed by atoms with van der Waals surface area (Å²) >= 11 is 0. The number of benzene rings is 2. The Hall–Kier alpha value is -4.22. The minimum absolute atomic E-state index is 0.0847. The molecule has 2 aromatic carbocycles. The summed E-state index contributed by atoms with van der Waals surface area (Å²) in [6.45, 7) is 2.22. The van der Waals surface area contributed by atoms with Crippen LogP contribution in [0.1, 0.15) is 15.9 Å². The summed E-state index contributed by atoms with van der Waals surface area (Å²) in [6, 6.07) is 18.6. The molecule has 1 aliphatic heterocycles. The number of carbonyl (C=O) groups is 1. The fourth-order valence-electron chi connectivity index (χ4n) is 3.79. The Labute approximate surface area is 184 Å². The van der Waals surface area contributed by atoms with E-state index in [1.165, 1.54) is 0 Å². The van der Waals surface area contributed by atoms with Crippen LogP contribution in [0, 0.1) is 11.3 Å². The maximum atomic E-state index is 12.8. The third-order valence-electron chi connectivity index (χ3n) is 5.55. The van der Waals surface area contributed by atoms with Crippen molar-refractivity contribution in [2.45, 2.75) is 0 Å². The maximum Gasteiger partial charge on any atom is 0.256 e. The van der Waals surface area contributed by atoms with Crippen molar-refractivity contribution < 1.29 is 9.53 Å². The lowest BCUT2D eigenvalue weighted by atomic mass is 10.1. The molecule has 0 spiro atoms. The van der Waals surface area contributed by atoms with Crippen LogP contribution in [0.5, 0.6) is 0 Å². The summed E-state index contributed by atoms with van der Waals surface area (Å²) in [5.41, 5.74) is 11.7. The highest BCUT2D eigenvalue weighted by atomic mass is 16.5. The van der Waals surface area contributed by atoms with E-state index in [0.717, 1.165) is 16.8 Å². The molecule has 1 aliphatic rings. The van der Waals surface area contributed by atoms with E-state index in [2.05, 4.69) is 11.1 Å². The molecule has 8 nitrogen and oxygen atoms in total. The van der Waals surface area contributed by atoms with Crippen LogP contribution < -0.4 is 5.73 Å². The molecule has 0 atom stereocenters. The van der Waals surface area contributed by atoms with Gasteiger partial charge in [-0.15, -0.1) is 0 Å². The lowest BCUT2D eigenvalue weighted by Gasteiger charge is -2.27. The summed E-state index contributed by atoms with van der Waals surface area (Å²) in [4.78, 5) is 19.0. The van der Waals surface area contributed by atoms with Gasteiger partial charge in [-0.05, 0) is 36.4 Å². The van der Waals surface area contributed by atoms with Crippen LogP contribution in [0.3, 0.4) is 0 Å². The van der Waals surface area contributed by atoms with Gasteiger partial charge >= 0.3 is 0 Å². The lowest BCUT2D eigenvalue weighted by Crippen LogP contribution is -2.40. The fraction of sp³-hybridized carbons (Fsp3) is 0.167. The number of nitrogens with zero attached hydrogens (tertiary/aromatic N) is 5. The predicted molar refractivity (Wildman–Crippen MR) is 120 cm³/mol. The van der Waals surface area contributed by atoms with Crippen molar-refractivity contribution in [2.24, 2.45) is 0 Å². The second-order valence-corrected chi connectivity index (χ2v) is 7.53. The first-order chi connectivity index (χ1) is 15.6. The SMILES string of the molecule is N#Cc1ccc(-c2cnc3ccc(-c4ccc(C(=O)N5CCOCC5)c(N)c4)nn23)cc1. The molecule has 1 amide bonds. The van der Waals surface area contributed by atoms with E-state index in [9.17, 15) is 4.79 Å². The number of carbonyl (C=O) groups excluding carboxylic acids is 1. The number of aromatic nitrogens is 3. The Morgan fingerprint density at radius 2 is 1.78 bits per heavy atom. The van der Waals surface area contributed by atoms with Gasteiger partial charge in [0.25, 0.3) is 5.91 Å². The Bertz CT molecular complexity index is 1350. The first-order valence-corrected chi connectivity index (χ1v) is 10.3. The van der Waals surface area contributed by atoms with Crippen LogP contribution in [0.25, 0.3) is 28.2 Å². The van der Waals surface area contributed by atoms with Gasteiger partial charge in [-0.1, -0.05) is 18.2 Å². The maximum absolute atomic E-state index is 12.8. The van der Waals surface area contributed by atoms with Crippen LogP contribution in [0.4, 0.5) is 5.69 Å². The monoisotopic (exact) mass is 424 g/mol. The number of ether oxygens (including phenoxy) is 1. The molecule has 0 saturated carbocycles. The number of hydrogen-bond acceptors (Lipinski definition) is 6. The van der Waals surface area contributed by atoms with Crippen LogP contribution in [-0.4, -0.2) is 51.7 Å². The molecule has 1 saturated heterocycles. The standard InChI is InChI=1S/C24H20N6O2/c25-14-16-1-3-17(4-2-16)22-15-27-23-8-7-21(28-30(22)23)18-5-6-19(20(26)13-18)24(31)29-9-11-32-12-10-29/h1-8,13,15H,9-12,26H2. The second kappa shape index (κ2) is 8.13. The molecule has 2 N–H and O–H groups in total. The summed E-state index contributed by atoms with van der Waals surface area (Å²) in [7, 11) is 0. The summed E-state index contributed by atoms with van der Waals surface area (Å²) in [5, 5.41) is 13.8. The summed E-state index contributed by atoms with van der Waals surface area (Å²) in [6.07, 6.45) is 1.76. The number of rotatable bonds is 3. The molecule has 0 unspecified atom stereocenters. The molecule has 0 radical (unpaired) electrons. The third-order valence-corrected chi connectivity index (χ3v) is 5.55. The topological polar surface area (TPSA) is 110 Å². The number of nitriles is 1. The molecule has 158 valence electrons. The first kappa shape index (κ1) is 19.7. The van der Waals surface area contributed by atoms with E-state index in [4.69, 9.17) is 20.8 Å². The Morgan fingerprint density at radius 1 is 1.03 bits per heavy atom. The fourth-order valence-corrected chi connectivity index (χ4v) is 3.79. The van der Waals surface area contributed by atoms with Crippen molar-refractivity contribution >= 4 is 17.2 Å². The number of imidazole rings is 1. The lowest BCUT2D eigenvalue weighted by molar-refractivity contribution is 0.0303. The Morgan fingerprint density at radius 3 is 2.50 bits per heavy atom. The molecule has 2 aromatic heterocycles. The molecule has 0 aliphatic carbocycles. The number of fused-ring (bicyclic) bond motifs is 1. The van der Waals surface area contributed by atoms with Gasteiger partial charge in [0.15, 0.2) is 5.65 Å². The first-order valence-electron chi connectivity index (χ1n) is 10.3. The Balaban J connectivity index is 1.48. The van der Waals surface area contributed by atoms with Crippen LogP contribution in [-0.2, 0) is 4.74 Å². The smallest absolute Gasteiger partial charge is 0.256 e. The molecular weight excluding hydrogens is 404 g/mol. The average Bonchev–Trinajstić information content (AvgIpc) is 3.27. The number of nitrogens with two attached hydrogens (primary N) is 1. The summed E-state index contributed by atoms with van der Waals surface area (Å²) < 4.78 is 7.08. The second-order valence-electron chi connectivity index (χ2n) is 7.53. The number of amides is 1. The average molecular weight is 424 g/mol. The van der Waals surface area contributed by atoms with Crippen LogP contribution >= 0.6 is 0 Å². The predicted octanol–water partition coefficient (Wildman–Crippen LogP) is 2.99. The van der Waals surface area contributed by atoms with E-state index in [0.29, 0.717) is 54.5 Å². The van der Waals surface area contributed by atoms with Crippen molar-refractivity contribution in [3.8, 4) is 28.6 Å². The molecule has 3 heterocycles. The van der Waals surface area contributed by atoms with E-state index < -0.39 is 0 Å². The van der Waals surface area contributed by atoms with Crippen molar-refractivity contribution in [2.75, 3.05) is 32.0 Å². The van der Waals surface area contributed by atoms with Crippen molar-refractivity contribution in [1.82, 2.24) is 19.5 Å². The Kier molecular flexibility index (Phi) is 5.01. The molecule has 4 aromatic rings. The highest BCUT2D eigenvalue weighted by Crippen LogP contribution is 2.26. The van der Waals surface area contributed by atoms with Crippen molar-refractivity contribution in [3.63, 3.8) is 0 Å². The van der Waals surface area contributed by atoms with Crippen LogP contribution in [0.2, 0.25) is 0 Å². The minimum atomic E-state index is -0.0847. The van der Waals surface area contributed by atoms with E-state index in [-0.39, 0.29) is 5.91 Å². The van der Waals surface area contributed by atoms with Gasteiger partial charge in [0, 0.05) is 29.9 Å². The number of anilines is 1. The highest BCUT2D eigenvalue weighted by Gasteiger charge is 2.21. The van der Waals surface area contributed by atoms with E-state index in [1.807, 2.05) is 30.3 Å². The van der Waals surface area contributed by atoms with Gasteiger partial charge in [-0.3, -0.25) is 4.79 Å². The zero-order chi connectivity index (χ0) is 22.1. The molecule has 32 heavy (non-hydrogen) atoms. The van der Waals surface area contributed by atoms with Crippen molar-refractivity contribution in [1.29, 1.82) is 5.26 Å². The van der Waals surface area contributed by atoms with E-state index >= 15 is 0 Å². The van der Waals surface area contributed by atoms with E-state index in [1.54, 1.807) is 39.9 Å². The van der Waals surface area contributed by atoms with Gasteiger partial charge in [0.05, 0.1) is 48.0 Å². The minimum Gasteiger partial charge on any atom is -0.398 e. The molecule has 8 heteroatoms. The number of nitrogen functional groups attached to an aromatic ring is 1. The normalized spacial score (nSPS) is 13.8. The third kappa shape index (κ3) is 3.55.